The maximum absolute atomic E-state index is 5.79. The van der Waals surface area contributed by atoms with E-state index in [4.69, 9.17) is 5.73 Å². The minimum atomic E-state index is 0.756. The predicted octanol–water partition coefficient (Wildman–Crippen LogP) is 3.43. The van der Waals surface area contributed by atoms with Crippen LogP contribution in [0.25, 0.3) is 0 Å². The average Bonchev–Trinajstić information content (AvgIpc) is 2.18. The minimum absolute atomic E-state index is 0.756. The second-order valence-corrected chi connectivity index (χ2v) is 4.20. The van der Waals surface area contributed by atoms with Crippen molar-refractivity contribution in [1.29, 1.82) is 0 Å². The highest BCUT2D eigenvalue weighted by atomic mass is 14.9. The van der Waals surface area contributed by atoms with E-state index in [1.807, 2.05) is 12.1 Å². The van der Waals surface area contributed by atoms with Crippen molar-refractivity contribution in [2.75, 3.05) is 17.6 Å². The van der Waals surface area contributed by atoms with Gasteiger partial charge in [-0.2, -0.15) is 0 Å². The fourth-order valence-electron chi connectivity index (χ4n) is 1.75. The summed E-state index contributed by atoms with van der Waals surface area (Å²) in [6.07, 6.45) is 2.45. The fraction of sp³-hybridized carbons (Fsp3) is 0.538. The number of aryl methyl sites for hydroxylation is 1. The molecule has 0 saturated carbocycles. The molecule has 0 saturated heterocycles. The standard InChI is InChI=1S/C13H22N2/c1-4-11(5-2)9-15-13-7-10(3)6-12(14)8-13/h6-8,11,15H,4-5,9,14H2,1-3H3. The Labute approximate surface area is 92.9 Å². The highest BCUT2D eigenvalue weighted by molar-refractivity contribution is 5.56. The van der Waals surface area contributed by atoms with E-state index in [0.29, 0.717) is 0 Å². The lowest BCUT2D eigenvalue weighted by Crippen LogP contribution is -2.12. The third-order valence-electron chi connectivity index (χ3n) is 2.85. The lowest BCUT2D eigenvalue weighted by molar-refractivity contribution is 0.519. The summed E-state index contributed by atoms with van der Waals surface area (Å²) in [5.74, 6) is 0.756. The SMILES string of the molecule is CCC(CC)CNc1cc(C)cc(N)c1. The molecule has 0 aliphatic heterocycles. The van der Waals surface area contributed by atoms with Gasteiger partial charge in [-0.15, -0.1) is 0 Å². The van der Waals surface area contributed by atoms with Crippen LogP contribution in [0.15, 0.2) is 18.2 Å². The van der Waals surface area contributed by atoms with Gasteiger partial charge in [0.15, 0.2) is 0 Å². The number of benzene rings is 1. The number of rotatable bonds is 5. The zero-order valence-electron chi connectivity index (χ0n) is 10.0. The van der Waals surface area contributed by atoms with Crippen molar-refractivity contribution in [2.45, 2.75) is 33.6 Å². The smallest absolute Gasteiger partial charge is 0.0363 e. The summed E-state index contributed by atoms with van der Waals surface area (Å²) in [5, 5.41) is 3.45. The Kier molecular flexibility index (Phi) is 4.47. The molecule has 0 aliphatic rings. The summed E-state index contributed by atoms with van der Waals surface area (Å²) in [7, 11) is 0. The van der Waals surface area contributed by atoms with E-state index in [9.17, 15) is 0 Å². The van der Waals surface area contributed by atoms with Crippen molar-refractivity contribution in [3.63, 3.8) is 0 Å². The Morgan fingerprint density at radius 3 is 2.40 bits per heavy atom. The number of nitrogens with one attached hydrogen (secondary N) is 1. The van der Waals surface area contributed by atoms with Crippen LogP contribution in [0.4, 0.5) is 11.4 Å². The molecule has 0 aliphatic carbocycles. The van der Waals surface area contributed by atoms with Crippen LogP contribution in [0, 0.1) is 12.8 Å². The van der Waals surface area contributed by atoms with Crippen LogP contribution >= 0.6 is 0 Å². The Balaban J connectivity index is 2.57. The molecule has 0 bridgehead atoms. The van der Waals surface area contributed by atoms with Gasteiger partial charge in [-0.1, -0.05) is 26.7 Å². The van der Waals surface area contributed by atoms with Gasteiger partial charge in [0.05, 0.1) is 0 Å². The van der Waals surface area contributed by atoms with Gasteiger partial charge < -0.3 is 11.1 Å². The van der Waals surface area contributed by atoms with Crippen molar-refractivity contribution >= 4 is 11.4 Å². The van der Waals surface area contributed by atoms with Gasteiger partial charge in [-0.05, 0) is 36.6 Å². The zero-order chi connectivity index (χ0) is 11.3. The molecule has 0 aromatic heterocycles. The zero-order valence-corrected chi connectivity index (χ0v) is 10.0. The first-order chi connectivity index (χ1) is 7.15. The van der Waals surface area contributed by atoms with Crippen LogP contribution in [0.5, 0.6) is 0 Å². The number of hydrogen-bond acceptors (Lipinski definition) is 2. The Morgan fingerprint density at radius 1 is 1.20 bits per heavy atom. The lowest BCUT2D eigenvalue weighted by Gasteiger charge is -2.15. The highest BCUT2D eigenvalue weighted by Gasteiger charge is 2.03. The van der Waals surface area contributed by atoms with Crippen LogP contribution in [0.1, 0.15) is 32.3 Å². The maximum atomic E-state index is 5.79. The Bertz CT molecular complexity index is 283. The number of nitrogens with two attached hydrogens (primary N) is 1. The average molecular weight is 206 g/mol. The molecule has 15 heavy (non-hydrogen) atoms. The fourth-order valence-corrected chi connectivity index (χ4v) is 1.75. The first kappa shape index (κ1) is 11.9. The molecule has 0 fully saturated rings. The Hall–Kier alpha value is -1.18. The third-order valence-corrected chi connectivity index (χ3v) is 2.85. The summed E-state index contributed by atoms with van der Waals surface area (Å²) < 4.78 is 0. The van der Waals surface area contributed by atoms with Gasteiger partial charge in [0.2, 0.25) is 0 Å². The van der Waals surface area contributed by atoms with Gasteiger partial charge in [0.1, 0.15) is 0 Å². The molecule has 0 atom stereocenters. The van der Waals surface area contributed by atoms with Crippen LogP contribution < -0.4 is 11.1 Å². The van der Waals surface area contributed by atoms with Crippen LogP contribution in [0.2, 0.25) is 0 Å². The van der Waals surface area contributed by atoms with Crippen LogP contribution in [-0.2, 0) is 0 Å². The van der Waals surface area contributed by atoms with Crippen molar-refractivity contribution in [1.82, 2.24) is 0 Å². The molecule has 0 unspecified atom stereocenters. The van der Waals surface area contributed by atoms with Gasteiger partial charge in [-0.3, -0.25) is 0 Å². The molecule has 0 spiro atoms. The molecule has 0 heterocycles. The number of hydrogen-bond donors (Lipinski definition) is 2. The summed E-state index contributed by atoms with van der Waals surface area (Å²) >= 11 is 0. The van der Waals surface area contributed by atoms with Crippen LogP contribution in [-0.4, -0.2) is 6.54 Å². The summed E-state index contributed by atoms with van der Waals surface area (Å²) in [6, 6.07) is 6.12. The van der Waals surface area contributed by atoms with Crippen molar-refractivity contribution in [3.05, 3.63) is 23.8 Å². The van der Waals surface area contributed by atoms with E-state index >= 15 is 0 Å². The summed E-state index contributed by atoms with van der Waals surface area (Å²) in [5.41, 5.74) is 8.97. The van der Waals surface area contributed by atoms with Gasteiger partial charge in [0, 0.05) is 17.9 Å². The molecule has 2 nitrogen and oxygen atoms in total. The lowest BCUT2D eigenvalue weighted by atomic mass is 10.0. The molecule has 0 radical (unpaired) electrons. The molecular formula is C13H22N2. The summed E-state index contributed by atoms with van der Waals surface area (Å²) in [6.45, 7) is 7.58. The van der Waals surface area contributed by atoms with E-state index < -0.39 is 0 Å². The molecule has 1 aromatic rings. The first-order valence-corrected chi connectivity index (χ1v) is 5.76. The minimum Gasteiger partial charge on any atom is -0.399 e. The monoisotopic (exact) mass is 206 g/mol. The van der Waals surface area contributed by atoms with E-state index in [2.05, 4.69) is 32.2 Å². The number of nitrogen functional groups attached to an aromatic ring is 1. The Morgan fingerprint density at radius 2 is 1.87 bits per heavy atom. The predicted molar refractivity (Wildman–Crippen MR) is 68.2 cm³/mol. The quantitative estimate of drug-likeness (QED) is 0.724. The van der Waals surface area contributed by atoms with E-state index in [1.165, 1.54) is 18.4 Å². The topological polar surface area (TPSA) is 38.0 Å². The van der Waals surface area contributed by atoms with E-state index in [0.717, 1.165) is 23.8 Å². The molecule has 3 N–H and O–H groups in total. The molecule has 2 heteroatoms. The number of anilines is 2. The molecule has 1 aromatic carbocycles. The highest BCUT2D eigenvalue weighted by Crippen LogP contribution is 2.17. The molecule has 84 valence electrons. The maximum Gasteiger partial charge on any atom is 0.0363 e. The van der Waals surface area contributed by atoms with Crippen molar-refractivity contribution < 1.29 is 0 Å². The van der Waals surface area contributed by atoms with Crippen molar-refractivity contribution in [3.8, 4) is 0 Å². The van der Waals surface area contributed by atoms with E-state index in [1.54, 1.807) is 0 Å². The second kappa shape index (κ2) is 5.64. The third kappa shape index (κ3) is 3.82. The molecule has 0 amide bonds. The van der Waals surface area contributed by atoms with Gasteiger partial charge >= 0.3 is 0 Å². The van der Waals surface area contributed by atoms with Gasteiger partial charge in [-0.25, -0.2) is 0 Å². The van der Waals surface area contributed by atoms with E-state index in [-0.39, 0.29) is 0 Å². The molecule has 1 rings (SSSR count). The van der Waals surface area contributed by atoms with Crippen LogP contribution in [0.3, 0.4) is 0 Å². The normalized spacial score (nSPS) is 10.7. The largest absolute Gasteiger partial charge is 0.399 e. The first-order valence-electron chi connectivity index (χ1n) is 5.76. The second-order valence-electron chi connectivity index (χ2n) is 4.20. The molecular weight excluding hydrogens is 184 g/mol. The van der Waals surface area contributed by atoms with Crippen molar-refractivity contribution in [2.24, 2.45) is 5.92 Å². The summed E-state index contributed by atoms with van der Waals surface area (Å²) in [4.78, 5) is 0. The van der Waals surface area contributed by atoms with Gasteiger partial charge in [0.25, 0.3) is 0 Å².